The van der Waals surface area contributed by atoms with Crippen LogP contribution < -0.4 is 0 Å². The van der Waals surface area contributed by atoms with Crippen LogP contribution in [0.2, 0.25) is 0 Å². The maximum atomic E-state index is 13.2. The predicted octanol–water partition coefficient (Wildman–Crippen LogP) is 4.01. The van der Waals surface area contributed by atoms with Gasteiger partial charge in [0.05, 0.1) is 17.8 Å². The quantitative estimate of drug-likeness (QED) is 0.526. The van der Waals surface area contributed by atoms with Gasteiger partial charge >= 0.3 is 0 Å². The van der Waals surface area contributed by atoms with Crippen LogP contribution in [0.3, 0.4) is 0 Å². The molecule has 1 amide bonds. The minimum atomic E-state index is -0.174. The molecule has 0 aliphatic rings. The van der Waals surface area contributed by atoms with Crippen LogP contribution in [0.25, 0.3) is 17.1 Å². The van der Waals surface area contributed by atoms with Crippen molar-refractivity contribution in [3.8, 4) is 17.1 Å². The van der Waals surface area contributed by atoms with E-state index in [-0.39, 0.29) is 5.91 Å². The van der Waals surface area contributed by atoms with Crippen LogP contribution in [0, 0.1) is 13.8 Å². The Kier molecular flexibility index (Phi) is 4.57. The van der Waals surface area contributed by atoms with E-state index in [9.17, 15) is 4.79 Å². The van der Waals surface area contributed by atoms with E-state index in [1.165, 1.54) is 0 Å². The van der Waals surface area contributed by atoms with E-state index in [1.807, 2.05) is 62.4 Å². The van der Waals surface area contributed by atoms with Crippen molar-refractivity contribution < 1.29 is 13.7 Å². The molecule has 28 heavy (non-hydrogen) atoms. The highest BCUT2D eigenvalue weighted by molar-refractivity contribution is 5.99. The molecule has 0 fully saturated rings. The third-order valence-electron chi connectivity index (χ3n) is 4.36. The number of para-hydroxylation sites is 1. The fourth-order valence-corrected chi connectivity index (χ4v) is 3.00. The first kappa shape index (κ1) is 17.8. The summed E-state index contributed by atoms with van der Waals surface area (Å²) in [5.41, 5.74) is 2.52. The first-order valence-electron chi connectivity index (χ1n) is 8.91. The molecule has 7 nitrogen and oxygen atoms in total. The van der Waals surface area contributed by atoms with Gasteiger partial charge in [-0.3, -0.25) is 4.79 Å². The van der Waals surface area contributed by atoms with Gasteiger partial charge in [-0.2, -0.15) is 5.10 Å². The Morgan fingerprint density at radius 2 is 1.89 bits per heavy atom. The lowest BCUT2D eigenvalue weighted by atomic mass is 10.2. The van der Waals surface area contributed by atoms with E-state index >= 15 is 0 Å². The van der Waals surface area contributed by atoms with Gasteiger partial charge in [-0.15, -0.1) is 0 Å². The molecule has 0 radical (unpaired) electrons. The zero-order valence-electron chi connectivity index (χ0n) is 15.9. The van der Waals surface area contributed by atoms with Crippen molar-refractivity contribution in [2.24, 2.45) is 0 Å². The second-order valence-corrected chi connectivity index (χ2v) is 6.67. The number of aryl methyl sites for hydroxylation is 2. The number of carbonyl (C=O) groups is 1. The van der Waals surface area contributed by atoms with Crippen LogP contribution in [-0.4, -0.2) is 32.8 Å². The van der Waals surface area contributed by atoms with Crippen molar-refractivity contribution in [1.29, 1.82) is 0 Å². The first-order chi connectivity index (χ1) is 13.5. The number of amides is 1. The minimum Gasteiger partial charge on any atom is -0.460 e. The van der Waals surface area contributed by atoms with Crippen molar-refractivity contribution >= 4 is 5.91 Å². The summed E-state index contributed by atoms with van der Waals surface area (Å²) in [6.07, 6.45) is 1.73. The maximum Gasteiger partial charge on any atom is 0.257 e. The van der Waals surface area contributed by atoms with Gasteiger partial charge in [0, 0.05) is 19.3 Å². The van der Waals surface area contributed by atoms with E-state index in [0.29, 0.717) is 35.0 Å². The molecule has 0 saturated heterocycles. The van der Waals surface area contributed by atoms with E-state index in [2.05, 4.69) is 10.3 Å². The lowest BCUT2D eigenvalue weighted by Gasteiger charge is -2.14. The van der Waals surface area contributed by atoms with Crippen molar-refractivity contribution in [2.75, 3.05) is 7.05 Å². The molecule has 1 aromatic carbocycles. The summed E-state index contributed by atoms with van der Waals surface area (Å²) in [6, 6.07) is 15.1. The van der Waals surface area contributed by atoms with Gasteiger partial charge in [-0.25, -0.2) is 4.68 Å². The van der Waals surface area contributed by atoms with Crippen molar-refractivity contribution in [2.45, 2.75) is 20.4 Å². The highest BCUT2D eigenvalue weighted by Crippen LogP contribution is 2.27. The van der Waals surface area contributed by atoms with Crippen LogP contribution in [0.1, 0.15) is 27.6 Å². The van der Waals surface area contributed by atoms with E-state index in [4.69, 9.17) is 8.94 Å². The summed E-state index contributed by atoms with van der Waals surface area (Å²) in [5, 5.41) is 8.58. The normalized spacial score (nSPS) is 11.0. The van der Waals surface area contributed by atoms with Crippen LogP contribution in [-0.2, 0) is 6.54 Å². The molecule has 0 saturated carbocycles. The number of nitrogens with zero attached hydrogens (tertiary/aromatic N) is 4. The molecule has 4 rings (SSSR count). The lowest BCUT2D eigenvalue weighted by Crippen LogP contribution is -2.26. The van der Waals surface area contributed by atoms with E-state index < -0.39 is 0 Å². The van der Waals surface area contributed by atoms with Crippen LogP contribution in [0.15, 0.2) is 63.7 Å². The van der Waals surface area contributed by atoms with Gasteiger partial charge in [0.2, 0.25) is 0 Å². The summed E-state index contributed by atoms with van der Waals surface area (Å²) < 4.78 is 12.5. The zero-order chi connectivity index (χ0) is 19.7. The number of hydrogen-bond acceptors (Lipinski definition) is 5. The molecule has 0 spiro atoms. The molecule has 0 aliphatic carbocycles. The predicted molar refractivity (Wildman–Crippen MR) is 103 cm³/mol. The second-order valence-electron chi connectivity index (χ2n) is 6.67. The largest absolute Gasteiger partial charge is 0.460 e. The Morgan fingerprint density at radius 3 is 2.54 bits per heavy atom. The molecular formula is C21H20N4O3. The van der Waals surface area contributed by atoms with E-state index in [1.54, 1.807) is 22.8 Å². The van der Waals surface area contributed by atoms with E-state index in [0.717, 1.165) is 11.4 Å². The molecular weight excluding hydrogens is 356 g/mol. The highest BCUT2D eigenvalue weighted by atomic mass is 16.5. The molecule has 0 N–H and O–H groups in total. The fourth-order valence-electron chi connectivity index (χ4n) is 3.00. The highest BCUT2D eigenvalue weighted by Gasteiger charge is 2.24. The number of hydrogen-bond donors (Lipinski definition) is 0. The number of rotatable bonds is 5. The summed E-state index contributed by atoms with van der Waals surface area (Å²) in [4.78, 5) is 14.8. The second kappa shape index (κ2) is 7.19. The van der Waals surface area contributed by atoms with Crippen LogP contribution in [0.5, 0.6) is 0 Å². The summed E-state index contributed by atoms with van der Waals surface area (Å²) in [5.74, 6) is 1.85. The van der Waals surface area contributed by atoms with Crippen molar-refractivity contribution in [3.63, 3.8) is 0 Å². The SMILES string of the molecule is Cc1cc(CN(C)C(=O)c2cn(-c3ccccc3)nc2-c2ccc(C)o2)no1. The molecule has 0 atom stereocenters. The molecule has 0 unspecified atom stereocenters. The monoisotopic (exact) mass is 376 g/mol. The average molecular weight is 376 g/mol. The number of furan rings is 1. The maximum absolute atomic E-state index is 13.2. The van der Waals surface area contributed by atoms with Crippen molar-refractivity contribution in [1.82, 2.24) is 19.8 Å². The van der Waals surface area contributed by atoms with Gasteiger partial charge < -0.3 is 13.8 Å². The summed E-state index contributed by atoms with van der Waals surface area (Å²) in [6.45, 7) is 4.01. The fraction of sp³-hybridized carbons (Fsp3) is 0.190. The Balaban J connectivity index is 1.71. The van der Waals surface area contributed by atoms with Gasteiger partial charge in [0.15, 0.2) is 5.76 Å². The topological polar surface area (TPSA) is 77.3 Å². The molecule has 142 valence electrons. The Hall–Kier alpha value is -3.61. The molecule has 0 aliphatic heterocycles. The zero-order valence-corrected chi connectivity index (χ0v) is 15.9. The molecule has 3 heterocycles. The number of benzene rings is 1. The third-order valence-corrected chi connectivity index (χ3v) is 4.36. The molecule has 0 bridgehead atoms. The smallest absolute Gasteiger partial charge is 0.257 e. The van der Waals surface area contributed by atoms with Gasteiger partial charge in [-0.1, -0.05) is 23.4 Å². The van der Waals surface area contributed by atoms with Gasteiger partial charge in [0.25, 0.3) is 5.91 Å². The Labute approximate surface area is 162 Å². The summed E-state index contributed by atoms with van der Waals surface area (Å²) in [7, 11) is 1.73. The number of carbonyl (C=O) groups excluding carboxylic acids is 1. The average Bonchev–Trinajstić information content (AvgIpc) is 3.41. The van der Waals surface area contributed by atoms with Crippen molar-refractivity contribution in [3.05, 3.63) is 77.5 Å². The van der Waals surface area contributed by atoms with Gasteiger partial charge in [0.1, 0.15) is 22.9 Å². The standard InChI is InChI=1S/C21H20N4O3/c1-14-9-10-19(27-14)20-18(13-25(22-20)17-7-5-4-6-8-17)21(26)24(3)12-16-11-15(2)28-23-16/h4-11,13H,12H2,1-3H3. The Bertz CT molecular complexity index is 1110. The van der Waals surface area contributed by atoms with Crippen LogP contribution in [0.4, 0.5) is 0 Å². The first-order valence-corrected chi connectivity index (χ1v) is 8.91. The molecule has 4 aromatic rings. The molecule has 7 heteroatoms. The third kappa shape index (κ3) is 3.46. The van der Waals surface area contributed by atoms with Gasteiger partial charge in [-0.05, 0) is 38.1 Å². The molecule has 3 aromatic heterocycles. The minimum absolute atomic E-state index is 0.174. The Morgan fingerprint density at radius 1 is 1.11 bits per heavy atom. The van der Waals surface area contributed by atoms with Crippen LogP contribution >= 0.6 is 0 Å². The lowest BCUT2D eigenvalue weighted by molar-refractivity contribution is 0.0782. The summed E-state index contributed by atoms with van der Waals surface area (Å²) >= 11 is 0. The number of aromatic nitrogens is 3.